The molecule has 3 fully saturated rings. The molecule has 6 heterocycles. The van der Waals surface area contributed by atoms with Gasteiger partial charge in [0.05, 0.1) is 14.2 Å². The monoisotopic (exact) mass is 1410 g/mol. The molecule has 9 rings (SSSR count). The number of benzene rings is 3. The Balaban J connectivity index is 0.000000263. The Morgan fingerprint density at radius 2 is 1.08 bits per heavy atom. The molecule has 0 radical (unpaired) electrons. The number of nitrogens with one attached hydrogen (secondary N) is 2. The van der Waals surface area contributed by atoms with E-state index in [9.17, 15) is 28.8 Å². The van der Waals surface area contributed by atoms with Gasteiger partial charge >= 0.3 is 18.1 Å². The van der Waals surface area contributed by atoms with Gasteiger partial charge < -0.3 is 45.4 Å². The summed E-state index contributed by atoms with van der Waals surface area (Å²) in [5.41, 5.74) is 15.6. The molecule has 6 aromatic rings. The minimum Gasteiger partial charge on any atom is -0.468 e. The lowest BCUT2D eigenvalue weighted by molar-refractivity contribution is -0.191. The Bertz CT molecular complexity index is 3510. The zero-order chi connectivity index (χ0) is 72.8. The molecular formula is C73H97Cl3N12O10. The van der Waals surface area contributed by atoms with E-state index in [0.29, 0.717) is 53.1 Å². The smallest absolute Gasteiger partial charge is 0.373 e. The summed E-state index contributed by atoms with van der Waals surface area (Å²) in [4.78, 5) is 111. The molecule has 530 valence electrons. The molecule has 0 bridgehead atoms. The predicted molar refractivity (Wildman–Crippen MR) is 384 cm³/mol. The van der Waals surface area contributed by atoms with E-state index in [4.69, 9.17) is 59.6 Å². The molecule has 3 aliphatic heterocycles. The van der Waals surface area contributed by atoms with Crippen LogP contribution in [0.3, 0.4) is 0 Å². The Morgan fingerprint density at radius 1 is 0.612 bits per heavy atom. The summed E-state index contributed by atoms with van der Waals surface area (Å²) in [6.45, 7) is 18.1. The first kappa shape index (κ1) is 82.1. The molecule has 2 atom stereocenters. The van der Waals surface area contributed by atoms with Crippen molar-refractivity contribution < 1.29 is 47.8 Å². The van der Waals surface area contributed by atoms with Crippen molar-refractivity contribution in [3.8, 4) is 0 Å². The number of likely N-dealkylation sites (tertiary alicyclic amines) is 3. The second kappa shape index (κ2) is 41.8. The lowest BCUT2D eigenvalue weighted by Crippen LogP contribution is -2.50. The molecule has 98 heavy (non-hydrogen) atoms. The normalized spacial score (nSPS) is 14.8. The summed E-state index contributed by atoms with van der Waals surface area (Å²) in [5.74, 6) is 0.620. The van der Waals surface area contributed by atoms with E-state index in [1.54, 1.807) is 95.4 Å². The number of aryl methyl sites for hydroxylation is 5. The molecule has 0 unspecified atom stereocenters. The molecule has 0 spiro atoms. The van der Waals surface area contributed by atoms with Gasteiger partial charge in [-0.15, -0.1) is 0 Å². The van der Waals surface area contributed by atoms with Gasteiger partial charge in [0.25, 0.3) is 17.7 Å². The minimum atomic E-state index is -0.395. The number of pyridine rings is 3. The van der Waals surface area contributed by atoms with Gasteiger partial charge in [0.15, 0.2) is 0 Å². The Morgan fingerprint density at radius 3 is 1.53 bits per heavy atom. The number of nitrogen functional groups attached to an aromatic ring is 1. The van der Waals surface area contributed by atoms with Gasteiger partial charge in [0, 0.05) is 137 Å². The third-order valence-corrected chi connectivity index (χ3v) is 17.2. The Kier molecular flexibility index (Phi) is 35.0. The standard InChI is InChI=1S/C19H25ClN2O3.C19H29ClN2O2.C16H19N3O.C9H11ClN2O.C9H13N3O.CO2/c1-13-11-14(3-4-16(13)20)12-21-9-7-15(8-10-21)22-17(19(24)25-2)5-6-18(22)23;1-4-5-18(19(23)24-3)21-16-8-10-22(11-9-16)13-15-6-7-17(20)14(2)12-15;1-12-9-14(16(20)19(2)3)10-15(18-12)17-11-13-7-5-4-6-8-13;2*1-6-4-7(5-8(10)11-6)9(13)12(2)3;2-1-3/h3-4,11,15,17H,5-10,12H2,1-2H3;6-7,12,16,18,21H,4-5,8-11,13H2,1-3H3;4-10H,11H2,1-3H3,(H,17,18);4-5H,1-3H3;4-5H,1-3H3,(H2,10,11);/t17-;18-;;;;/m11..../s1. The SMILES string of the molecule is CCC[C@@H](NC1CCN(Cc2ccc(Cl)c(C)c2)CC1)C(=O)OC.COC(=O)[C@H]1CCC(=O)N1C1CCN(Cc2ccc(Cl)c(C)c2)CC1.Cc1cc(C(=O)N(C)C)cc(Cl)n1.Cc1cc(C(=O)N(C)C)cc(N)n1.Cc1cc(C(=O)N(C)C)cc(NCc2ccccc2)n1.O=C=O. The highest BCUT2D eigenvalue weighted by atomic mass is 35.5. The van der Waals surface area contributed by atoms with E-state index in [1.807, 2.05) is 58.0 Å². The fourth-order valence-electron chi connectivity index (χ4n) is 11.3. The van der Waals surface area contributed by atoms with Crippen LogP contribution in [0.2, 0.25) is 15.2 Å². The molecular weight excluding hydrogens is 1310 g/mol. The minimum absolute atomic E-state index is 0.0155. The number of nitrogens with two attached hydrogens (primary N) is 1. The molecule has 3 aromatic carbocycles. The third-order valence-electron chi connectivity index (χ3n) is 16.1. The number of carbonyl (C=O) groups excluding carboxylic acids is 8. The number of ether oxygens (including phenoxy) is 2. The average Bonchev–Trinajstić information content (AvgIpc) is 1.64. The van der Waals surface area contributed by atoms with Crippen molar-refractivity contribution in [2.75, 3.05) is 93.7 Å². The number of aromatic nitrogens is 3. The average molecular weight is 1410 g/mol. The molecule has 25 heteroatoms. The number of amides is 4. The number of nitrogens with zero attached hydrogens (tertiary/aromatic N) is 9. The van der Waals surface area contributed by atoms with Crippen LogP contribution >= 0.6 is 34.8 Å². The van der Waals surface area contributed by atoms with Crippen LogP contribution < -0.4 is 16.4 Å². The first-order valence-electron chi connectivity index (χ1n) is 32.5. The van der Waals surface area contributed by atoms with Crippen LogP contribution in [-0.2, 0) is 53.1 Å². The molecule has 0 saturated carbocycles. The topological polar surface area (TPSA) is 263 Å². The van der Waals surface area contributed by atoms with Crippen molar-refractivity contribution in [2.45, 2.75) is 137 Å². The number of esters is 2. The zero-order valence-electron chi connectivity index (χ0n) is 59.0. The van der Waals surface area contributed by atoms with Gasteiger partial charge in [-0.3, -0.25) is 33.8 Å². The number of carbonyl (C=O) groups is 6. The zero-order valence-corrected chi connectivity index (χ0v) is 61.3. The van der Waals surface area contributed by atoms with Crippen LogP contribution in [0.15, 0.2) is 103 Å². The van der Waals surface area contributed by atoms with Crippen molar-refractivity contribution in [3.63, 3.8) is 0 Å². The van der Waals surface area contributed by atoms with Crippen LogP contribution in [0.25, 0.3) is 0 Å². The lowest BCUT2D eigenvalue weighted by atomic mass is 10.0. The molecule has 4 amide bonds. The fraction of sp³-hybridized carbons (Fsp3) is 0.452. The first-order valence-corrected chi connectivity index (χ1v) is 33.6. The van der Waals surface area contributed by atoms with Crippen molar-refractivity contribution in [1.29, 1.82) is 0 Å². The summed E-state index contributed by atoms with van der Waals surface area (Å²) in [7, 11) is 13.1. The number of halogens is 3. The predicted octanol–water partition coefficient (Wildman–Crippen LogP) is 10.9. The van der Waals surface area contributed by atoms with Crippen molar-refractivity contribution in [1.82, 2.24) is 49.7 Å². The lowest BCUT2D eigenvalue weighted by Gasteiger charge is -2.38. The number of hydrogen-bond donors (Lipinski definition) is 3. The maximum Gasteiger partial charge on any atom is 0.373 e. The van der Waals surface area contributed by atoms with Gasteiger partial charge in [-0.2, -0.15) is 9.59 Å². The highest BCUT2D eigenvalue weighted by Gasteiger charge is 2.42. The van der Waals surface area contributed by atoms with E-state index in [0.717, 1.165) is 122 Å². The second-order valence-corrected chi connectivity index (χ2v) is 26.0. The summed E-state index contributed by atoms with van der Waals surface area (Å²) in [5, 5.41) is 8.72. The largest absolute Gasteiger partial charge is 0.468 e. The number of methoxy groups -OCH3 is 2. The molecule has 4 N–H and O–H groups in total. The van der Waals surface area contributed by atoms with Gasteiger partial charge in [-0.25, -0.2) is 19.7 Å². The maximum atomic E-state index is 12.2. The summed E-state index contributed by atoms with van der Waals surface area (Å²) in [6.07, 6.45) is 6.99. The molecule has 22 nitrogen and oxygen atoms in total. The first-order chi connectivity index (χ1) is 46.5. The van der Waals surface area contributed by atoms with Gasteiger partial charge in [-0.05, 0) is 163 Å². The quantitative estimate of drug-likeness (QED) is 0.0566. The van der Waals surface area contributed by atoms with Gasteiger partial charge in [0.2, 0.25) is 5.91 Å². The molecule has 3 aromatic heterocycles. The number of piperidine rings is 2. The van der Waals surface area contributed by atoms with Gasteiger partial charge in [0.1, 0.15) is 28.9 Å². The number of rotatable bonds is 17. The fourth-order valence-corrected chi connectivity index (χ4v) is 11.8. The molecule has 3 saturated heterocycles. The van der Waals surface area contributed by atoms with E-state index < -0.39 is 6.04 Å². The highest BCUT2D eigenvalue weighted by molar-refractivity contribution is 6.31. The van der Waals surface area contributed by atoms with E-state index >= 15 is 0 Å². The molecule has 0 aliphatic carbocycles. The van der Waals surface area contributed by atoms with Crippen LogP contribution in [0, 0.1) is 34.6 Å². The Hall–Kier alpha value is -8.34. The number of hydrogen-bond acceptors (Lipinski definition) is 18. The number of anilines is 2. The summed E-state index contributed by atoms with van der Waals surface area (Å²) < 4.78 is 9.78. The highest BCUT2D eigenvalue weighted by Crippen LogP contribution is 2.29. The molecule has 3 aliphatic rings. The Labute approximate surface area is 592 Å². The second-order valence-electron chi connectivity index (χ2n) is 24.8. The summed E-state index contributed by atoms with van der Waals surface area (Å²) >= 11 is 17.9. The van der Waals surface area contributed by atoms with Crippen LogP contribution in [-0.4, -0.2) is 193 Å². The van der Waals surface area contributed by atoms with E-state index in [2.05, 4.69) is 78.7 Å². The van der Waals surface area contributed by atoms with Crippen molar-refractivity contribution in [2.24, 2.45) is 0 Å². The third kappa shape index (κ3) is 27.5. The van der Waals surface area contributed by atoms with Crippen LogP contribution in [0.5, 0.6) is 0 Å². The van der Waals surface area contributed by atoms with Crippen LogP contribution in [0.1, 0.15) is 134 Å². The van der Waals surface area contributed by atoms with Crippen molar-refractivity contribution >= 4 is 88.2 Å². The summed E-state index contributed by atoms with van der Waals surface area (Å²) in [6, 6.07) is 32.6. The van der Waals surface area contributed by atoms with Gasteiger partial charge in [-0.1, -0.05) is 103 Å². The van der Waals surface area contributed by atoms with E-state index in [-0.39, 0.29) is 53.8 Å². The van der Waals surface area contributed by atoms with Crippen LogP contribution in [0.4, 0.5) is 11.6 Å². The van der Waals surface area contributed by atoms with Crippen molar-refractivity contribution in [3.05, 3.63) is 180 Å². The van der Waals surface area contributed by atoms with E-state index in [1.165, 1.54) is 40.7 Å². The maximum absolute atomic E-state index is 12.2.